The van der Waals surface area contributed by atoms with Gasteiger partial charge in [0.1, 0.15) is 0 Å². The summed E-state index contributed by atoms with van der Waals surface area (Å²) >= 11 is 2.08. The minimum atomic E-state index is -0.853. The van der Waals surface area contributed by atoms with Crippen molar-refractivity contribution < 1.29 is 29.6 Å². The van der Waals surface area contributed by atoms with E-state index in [1.807, 2.05) is 26.0 Å². The molecule has 0 bridgehead atoms. The molecule has 1 saturated heterocycles. The maximum atomic E-state index is 13.7. The number of carbonyl (C=O) groups excluding carboxylic acids is 2. The highest BCUT2D eigenvalue weighted by atomic mass is 127. The van der Waals surface area contributed by atoms with Crippen molar-refractivity contribution in [2.24, 2.45) is 23.7 Å². The Kier molecular flexibility index (Phi) is 10.3. The summed E-state index contributed by atoms with van der Waals surface area (Å²) in [6.07, 6.45) is 4.46. The Morgan fingerprint density at radius 3 is 2.46 bits per heavy atom. The maximum absolute atomic E-state index is 13.7. The number of rotatable bonds is 11. The van der Waals surface area contributed by atoms with Crippen LogP contribution in [-0.4, -0.2) is 47.0 Å². The highest BCUT2D eigenvalue weighted by Crippen LogP contribution is 2.49. The number of imide groups is 1. The molecule has 0 saturated carbocycles. The average Bonchev–Trinajstić information content (AvgIpc) is 3.21. The lowest BCUT2D eigenvalue weighted by molar-refractivity contribution is -0.123. The van der Waals surface area contributed by atoms with E-state index in [0.29, 0.717) is 34.3 Å². The lowest BCUT2D eigenvalue weighted by Gasteiger charge is -2.38. The number of aliphatic hydroxyl groups is 2. The Balaban J connectivity index is 1.62. The van der Waals surface area contributed by atoms with Crippen LogP contribution in [-0.2, 0) is 9.59 Å². The topological polar surface area (TPSA) is 107 Å². The molecule has 2 amide bonds. The molecule has 2 aromatic carbocycles. The monoisotopic (exact) mass is 673 g/mol. The lowest BCUT2D eigenvalue weighted by Crippen LogP contribution is -2.39. The van der Waals surface area contributed by atoms with E-state index in [0.717, 1.165) is 35.1 Å². The Morgan fingerprint density at radius 1 is 1.15 bits per heavy atom. The van der Waals surface area contributed by atoms with Crippen LogP contribution >= 0.6 is 22.6 Å². The molecule has 2 aliphatic rings. The molecule has 7 nitrogen and oxygen atoms in total. The van der Waals surface area contributed by atoms with Crippen LogP contribution in [0.3, 0.4) is 0 Å². The molecule has 1 heterocycles. The van der Waals surface area contributed by atoms with Crippen LogP contribution in [0.5, 0.6) is 11.5 Å². The van der Waals surface area contributed by atoms with Crippen molar-refractivity contribution in [3.63, 3.8) is 0 Å². The molecule has 4 atom stereocenters. The number of phenolic OH excluding ortho intramolecular Hbond substituents is 1. The smallest absolute Gasteiger partial charge is 0.238 e. The Bertz CT molecular complexity index is 1330. The number of aliphatic hydroxyl groups excluding tert-OH is 2. The Hall–Kier alpha value is -2.69. The van der Waals surface area contributed by atoms with Crippen LogP contribution in [0.15, 0.2) is 59.2 Å². The molecule has 41 heavy (non-hydrogen) atoms. The second-order valence-corrected chi connectivity index (χ2v) is 12.4. The van der Waals surface area contributed by atoms with E-state index in [9.17, 15) is 24.9 Å². The minimum Gasteiger partial charge on any atom is -0.504 e. The Labute approximate surface area is 256 Å². The fourth-order valence-electron chi connectivity index (χ4n) is 6.41. The van der Waals surface area contributed by atoms with E-state index in [1.54, 1.807) is 30.3 Å². The molecule has 0 spiro atoms. The van der Waals surface area contributed by atoms with Gasteiger partial charge in [0.2, 0.25) is 11.8 Å². The van der Waals surface area contributed by atoms with Crippen molar-refractivity contribution >= 4 is 46.2 Å². The van der Waals surface area contributed by atoms with Crippen LogP contribution < -0.4 is 9.64 Å². The van der Waals surface area contributed by atoms with Crippen molar-refractivity contribution in [3.05, 3.63) is 68.3 Å². The van der Waals surface area contributed by atoms with Gasteiger partial charge >= 0.3 is 0 Å². The average molecular weight is 674 g/mol. The Morgan fingerprint density at radius 2 is 1.85 bits per heavy atom. The first-order valence-corrected chi connectivity index (χ1v) is 15.4. The third-order valence-electron chi connectivity index (χ3n) is 8.34. The van der Waals surface area contributed by atoms with Gasteiger partial charge in [0.05, 0.1) is 40.9 Å². The highest BCUT2D eigenvalue weighted by Gasteiger charge is 2.55. The number of phenols is 1. The number of carbonyl (C=O) groups is 2. The number of hydrogen-bond donors (Lipinski definition) is 3. The van der Waals surface area contributed by atoms with Crippen LogP contribution in [0.2, 0.25) is 0 Å². The van der Waals surface area contributed by atoms with Gasteiger partial charge in [-0.15, -0.1) is 0 Å². The van der Waals surface area contributed by atoms with E-state index in [4.69, 9.17) is 4.74 Å². The zero-order chi connectivity index (χ0) is 29.8. The standard InChI is InChI=1S/C33H40INO6/c1-5-9-20(14-21-15-26(34)31(38)28(16-21)41-4)12-13-27(37)29-23(19(2)3)17-24-30(25(29)18-36)33(40)35(32(24)39)22-10-7-6-8-11-22/h6-8,10-11,14-16,19,24-25,27,30,36-38H,5,9,12-13,17-18H2,1-4H3/b20-14+/t24-,25+,27-,30-/m1/s1. The van der Waals surface area contributed by atoms with Gasteiger partial charge in [-0.1, -0.05) is 62.6 Å². The predicted octanol–water partition coefficient (Wildman–Crippen LogP) is 6.10. The van der Waals surface area contributed by atoms with Gasteiger partial charge in [0.15, 0.2) is 11.5 Å². The number of fused-ring (bicyclic) bond motifs is 1. The number of aromatic hydroxyl groups is 1. The number of halogens is 1. The fourth-order valence-corrected chi connectivity index (χ4v) is 7.04. The van der Waals surface area contributed by atoms with Gasteiger partial charge in [-0.3, -0.25) is 14.5 Å². The van der Waals surface area contributed by atoms with Crippen LogP contribution in [0, 0.1) is 27.2 Å². The van der Waals surface area contributed by atoms with Crippen molar-refractivity contribution in [3.8, 4) is 11.5 Å². The van der Waals surface area contributed by atoms with Crippen molar-refractivity contribution in [2.45, 2.75) is 59.0 Å². The van der Waals surface area contributed by atoms with Crippen molar-refractivity contribution in [1.82, 2.24) is 0 Å². The zero-order valence-electron chi connectivity index (χ0n) is 24.1. The first kappa shape index (κ1) is 31.3. The molecule has 0 aromatic heterocycles. The third kappa shape index (κ3) is 6.39. The molecule has 220 valence electrons. The third-order valence-corrected chi connectivity index (χ3v) is 9.16. The molecule has 3 N–H and O–H groups in total. The van der Waals surface area contributed by atoms with E-state index < -0.39 is 23.9 Å². The summed E-state index contributed by atoms with van der Waals surface area (Å²) in [7, 11) is 1.52. The normalized spacial score (nSPS) is 22.0. The zero-order valence-corrected chi connectivity index (χ0v) is 26.3. The van der Waals surface area contributed by atoms with Crippen LogP contribution in [0.4, 0.5) is 5.69 Å². The van der Waals surface area contributed by atoms with Crippen LogP contribution in [0.1, 0.15) is 58.4 Å². The van der Waals surface area contributed by atoms with Gasteiger partial charge in [0, 0.05) is 5.92 Å². The first-order valence-electron chi connectivity index (χ1n) is 14.3. The molecule has 0 unspecified atom stereocenters. The van der Waals surface area contributed by atoms with Gasteiger partial charge in [-0.05, 0) is 89.6 Å². The minimum absolute atomic E-state index is 0.0560. The van der Waals surface area contributed by atoms with Crippen LogP contribution in [0.25, 0.3) is 6.08 Å². The molecule has 1 fully saturated rings. The number of hydrogen-bond acceptors (Lipinski definition) is 6. The predicted molar refractivity (Wildman–Crippen MR) is 168 cm³/mol. The SMILES string of the molecule is CCC/C(=C\c1cc(I)c(O)c(OC)c1)CC[C@@H](O)C1=C(C(C)C)C[C@H]2C(=O)N(c3ccccc3)C(=O)[C@H]2[C@H]1CO. The number of methoxy groups -OCH3 is 1. The van der Waals surface area contributed by atoms with Gasteiger partial charge in [-0.2, -0.15) is 0 Å². The second kappa shape index (κ2) is 13.5. The summed E-state index contributed by atoms with van der Waals surface area (Å²) in [5.41, 5.74) is 4.29. The molecule has 2 aromatic rings. The van der Waals surface area contributed by atoms with Gasteiger partial charge < -0.3 is 20.1 Å². The van der Waals surface area contributed by atoms with E-state index in [2.05, 4.69) is 35.6 Å². The summed E-state index contributed by atoms with van der Waals surface area (Å²) in [5.74, 6) is -1.82. The highest BCUT2D eigenvalue weighted by molar-refractivity contribution is 14.1. The number of ether oxygens (including phenoxy) is 1. The molecule has 1 aliphatic heterocycles. The number of anilines is 1. The summed E-state index contributed by atoms with van der Waals surface area (Å²) in [6, 6.07) is 12.6. The first-order chi connectivity index (χ1) is 19.6. The fraction of sp³-hybridized carbons (Fsp3) is 0.455. The summed E-state index contributed by atoms with van der Waals surface area (Å²) in [5, 5.41) is 32.5. The molecule has 0 radical (unpaired) electrons. The molecule has 4 rings (SSSR count). The van der Waals surface area contributed by atoms with Gasteiger partial charge in [0.25, 0.3) is 0 Å². The number of amides is 2. The van der Waals surface area contributed by atoms with Crippen molar-refractivity contribution in [2.75, 3.05) is 18.6 Å². The number of allylic oxidation sites excluding steroid dienone is 2. The summed E-state index contributed by atoms with van der Waals surface area (Å²) < 4.78 is 6.01. The number of para-hydroxylation sites is 1. The van der Waals surface area contributed by atoms with E-state index >= 15 is 0 Å². The quantitative estimate of drug-likeness (QED) is 0.151. The lowest BCUT2D eigenvalue weighted by atomic mass is 9.66. The molecular weight excluding hydrogens is 633 g/mol. The summed E-state index contributed by atoms with van der Waals surface area (Å²) in [4.78, 5) is 28.5. The van der Waals surface area contributed by atoms with E-state index in [-0.39, 0.29) is 30.1 Å². The number of nitrogens with zero attached hydrogens (tertiary/aromatic N) is 1. The second-order valence-electron chi connectivity index (χ2n) is 11.3. The maximum Gasteiger partial charge on any atom is 0.238 e. The summed E-state index contributed by atoms with van der Waals surface area (Å²) in [6.45, 7) is 5.87. The van der Waals surface area contributed by atoms with E-state index in [1.165, 1.54) is 12.0 Å². The van der Waals surface area contributed by atoms with Gasteiger partial charge in [-0.25, -0.2) is 0 Å². The molecule has 1 aliphatic carbocycles. The number of benzene rings is 2. The molecular formula is C33H40INO6. The molecule has 8 heteroatoms. The van der Waals surface area contributed by atoms with Crippen molar-refractivity contribution in [1.29, 1.82) is 0 Å². The largest absolute Gasteiger partial charge is 0.504 e.